The van der Waals surface area contributed by atoms with Gasteiger partial charge in [-0.1, -0.05) is 0 Å². The van der Waals surface area contributed by atoms with Crippen molar-refractivity contribution in [1.29, 1.82) is 0 Å². The molecule has 0 radical (unpaired) electrons. The Labute approximate surface area is 218 Å². The predicted octanol–water partition coefficient (Wildman–Crippen LogP) is 5.43. The number of amides is 3. The first-order valence-corrected chi connectivity index (χ1v) is 12.1. The van der Waals surface area contributed by atoms with Gasteiger partial charge in [0.15, 0.2) is 0 Å². The molecular formula is C24H33BrN2O9. The zero-order valence-electron chi connectivity index (χ0n) is 21.5. The highest BCUT2D eigenvalue weighted by Crippen LogP contribution is 2.38. The molecule has 0 saturated carbocycles. The quantitative estimate of drug-likeness (QED) is 0.362. The summed E-state index contributed by atoms with van der Waals surface area (Å²) < 4.78 is 22.0. The second kappa shape index (κ2) is 11.4. The summed E-state index contributed by atoms with van der Waals surface area (Å²) in [5.41, 5.74) is -2.32. The SMILES string of the molecule is COC(=O)c1c(N(C(=O)OC(C)(C)C)C(=O)OC(C)(C)C)ccc(Br)c1OC[C@@H]1CCCN1C(=O)O. The molecule has 0 bridgehead atoms. The number of rotatable bonds is 5. The van der Waals surface area contributed by atoms with Crippen molar-refractivity contribution in [2.24, 2.45) is 0 Å². The van der Waals surface area contributed by atoms with Crippen LogP contribution in [0.2, 0.25) is 0 Å². The minimum Gasteiger partial charge on any atom is -0.489 e. The number of halogens is 1. The van der Waals surface area contributed by atoms with Crippen molar-refractivity contribution in [1.82, 2.24) is 4.90 Å². The standard InChI is InChI=1S/C24H33BrN2O9/c1-23(2,3)35-21(31)27(22(32)36-24(4,5)6)16-11-10-15(25)18(17(16)19(28)33-7)34-13-14-9-8-12-26(14)20(29)30/h10-11,14H,8-9,12-13H2,1-7H3,(H,29,30)/t14-/m0/s1. The normalized spacial score (nSPS) is 15.8. The molecule has 1 aromatic rings. The fourth-order valence-corrected chi connectivity index (χ4v) is 3.95. The van der Waals surface area contributed by atoms with Crippen molar-refractivity contribution in [3.63, 3.8) is 0 Å². The molecule has 0 unspecified atom stereocenters. The maximum atomic E-state index is 13.2. The first-order chi connectivity index (χ1) is 16.6. The van der Waals surface area contributed by atoms with Crippen molar-refractivity contribution in [2.75, 3.05) is 25.2 Å². The van der Waals surface area contributed by atoms with Crippen molar-refractivity contribution < 1.29 is 43.2 Å². The lowest BCUT2D eigenvalue weighted by Crippen LogP contribution is -2.44. The zero-order chi connectivity index (χ0) is 27.4. The summed E-state index contributed by atoms with van der Waals surface area (Å²) in [5.74, 6) is -0.909. The third-order valence-electron chi connectivity index (χ3n) is 4.91. The average Bonchev–Trinajstić information content (AvgIpc) is 3.19. The number of hydrogen-bond acceptors (Lipinski definition) is 8. The lowest BCUT2D eigenvalue weighted by molar-refractivity contribution is 0.0430. The maximum absolute atomic E-state index is 13.2. The molecule has 11 nitrogen and oxygen atoms in total. The van der Waals surface area contributed by atoms with E-state index in [1.165, 1.54) is 17.0 Å². The Morgan fingerprint density at radius 3 is 2.08 bits per heavy atom. The molecule has 2 rings (SSSR count). The van der Waals surface area contributed by atoms with Crippen LogP contribution in [0.15, 0.2) is 16.6 Å². The number of benzene rings is 1. The molecule has 1 N–H and O–H groups in total. The number of carbonyl (C=O) groups is 4. The maximum Gasteiger partial charge on any atom is 0.424 e. The second-order valence-electron chi connectivity index (χ2n) is 10.1. The van der Waals surface area contributed by atoms with Gasteiger partial charge in [-0.3, -0.25) is 0 Å². The van der Waals surface area contributed by atoms with Gasteiger partial charge in [0.25, 0.3) is 0 Å². The van der Waals surface area contributed by atoms with Crippen molar-refractivity contribution in [3.05, 3.63) is 22.2 Å². The van der Waals surface area contributed by atoms with E-state index in [2.05, 4.69) is 15.9 Å². The number of carboxylic acid groups (broad SMARTS) is 1. The van der Waals surface area contributed by atoms with E-state index in [4.69, 9.17) is 18.9 Å². The average molecular weight is 573 g/mol. The van der Waals surface area contributed by atoms with E-state index in [0.717, 1.165) is 7.11 Å². The van der Waals surface area contributed by atoms with Crippen LogP contribution in [0.3, 0.4) is 0 Å². The largest absolute Gasteiger partial charge is 0.489 e. The highest BCUT2D eigenvalue weighted by Gasteiger charge is 2.37. The third-order valence-corrected chi connectivity index (χ3v) is 5.54. The van der Waals surface area contributed by atoms with Gasteiger partial charge in [-0.05, 0) is 82.4 Å². The Morgan fingerprint density at radius 1 is 1.06 bits per heavy atom. The molecule has 0 spiro atoms. The van der Waals surface area contributed by atoms with Crippen LogP contribution in [0.1, 0.15) is 64.7 Å². The summed E-state index contributed by atoms with van der Waals surface area (Å²) in [6.45, 7) is 10.1. The Kier molecular flexibility index (Phi) is 9.22. The molecule has 0 aromatic heterocycles. The molecule has 3 amide bonds. The van der Waals surface area contributed by atoms with E-state index in [0.29, 0.717) is 28.8 Å². The fraction of sp³-hybridized carbons (Fsp3) is 0.583. The number of ether oxygens (including phenoxy) is 4. The number of methoxy groups -OCH3 is 1. The fourth-order valence-electron chi connectivity index (χ4n) is 3.50. The van der Waals surface area contributed by atoms with Gasteiger partial charge in [0.1, 0.15) is 29.1 Å². The molecule has 1 fully saturated rings. The van der Waals surface area contributed by atoms with Crippen molar-refractivity contribution in [2.45, 2.75) is 71.6 Å². The number of hydrogen-bond donors (Lipinski definition) is 1. The van der Waals surface area contributed by atoms with E-state index < -0.39 is 41.5 Å². The smallest absolute Gasteiger partial charge is 0.424 e. The Bertz CT molecular complexity index is 986. The van der Waals surface area contributed by atoms with E-state index in [1.807, 2.05) is 0 Å². The van der Waals surface area contributed by atoms with Gasteiger partial charge in [-0.25, -0.2) is 19.2 Å². The summed E-state index contributed by atoms with van der Waals surface area (Å²) in [4.78, 5) is 52.6. The monoisotopic (exact) mass is 572 g/mol. The molecule has 1 atom stereocenters. The number of imide groups is 1. The molecule has 36 heavy (non-hydrogen) atoms. The molecule has 1 aliphatic heterocycles. The zero-order valence-corrected chi connectivity index (χ0v) is 23.1. The molecule has 0 aliphatic carbocycles. The summed E-state index contributed by atoms with van der Waals surface area (Å²) in [5, 5.41) is 9.42. The molecule has 12 heteroatoms. The van der Waals surface area contributed by atoms with E-state index >= 15 is 0 Å². The van der Waals surface area contributed by atoms with Crippen molar-refractivity contribution in [3.8, 4) is 5.75 Å². The summed E-state index contributed by atoms with van der Waals surface area (Å²) in [6.07, 6.45) is -1.94. The van der Waals surface area contributed by atoms with Crippen LogP contribution < -0.4 is 9.64 Å². The summed E-state index contributed by atoms with van der Waals surface area (Å²) in [6, 6.07) is 2.41. The molecule has 1 saturated heterocycles. The van der Waals surface area contributed by atoms with Gasteiger partial charge in [0, 0.05) is 6.54 Å². The first kappa shape index (κ1) is 29.2. The minimum atomic E-state index is -1.07. The minimum absolute atomic E-state index is 0.0197. The van der Waals surface area contributed by atoms with E-state index in [9.17, 15) is 24.3 Å². The second-order valence-corrected chi connectivity index (χ2v) is 11.0. The highest BCUT2D eigenvalue weighted by molar-refractivity contribution is 9.10. The van der Waals surface area contributed by atoms with E-state index in [-0.39, 0.29) is 23.6 Å². The van der Waals surface area contributed by atoms with Gasteiger partial charge >= 0.3 is 24.2 Å². The predicted molar refractivity (Wildman–Crippen MR) is 134 cm³/mol. The molecular weight excluding hydrogens is 540 g/mol. The summed E-state index contributed by atoms with van der Waals surface area (Å²) in [7, 11) is 1.14. The molecule has 200 valence electrons. The number of nitrogens with zero attached hydrogens (tertiary/aromatic N) is 2. The van der Waals surface area contributed by atoms with Crippen LogP contribution in [0.25, 0.3) is 0 Å². The van der Waals surface area contributed by atoms with Crippen molar-refractivity contribution >= 4 is 45.9 Å². The number of carbonyl (C=O) groups excluding carboxylic acids is 3. The molecule has 1 heterocycles. The van der Waals surface area contributed by atoms with Crippen LogP contribution in [0.5, 0.6) is 5.75 Å². The van der Waals surface area contributed by atoms with Gasteiger partial charge in [0.2, 0.25) is 0 Å². The van der Waals surface area contributed by atoms with Crippen LogP contribution >= 0.6 is 15.9 Å². The Balaban J connectivity index is 2.60. The molecule has 1 aromatic carbocycles. The summed E-state index contributed by atoms with van der Waals surface area (Å²) >= 11 is 3.34. The topological polar surface area (TPSA) is 132 Å². The first-order valence-electron chi connectivity index (χ1n) is 11.3. The van der Waals surface area contributed by atoms with Crippen LogP contribution in [-0.4, -0.2) is 71.8 Å². The van der Waals surface area contributed by atoms with Crippen LogP contribution in [0.4, 0.5) is 20.1 Å². The molecule has 1 aliphatic rings. The number of esters is 1. The van der Waals surface area contributed by atoms with Crippen LogP contribution in [-0.2, 0) is 14.2 Å². The number of anilines is 1. The highest BCUT2D eigenvalue weighted by atomic mass is 79.9. The number of likely N-dealkylation sites (tertiary alicyclic amines) is 1. The van der Waals surface area contributed by atoms with Gasteiger partial charge in [-0.2, -0.15) is 4.90 Å². The van der Waals surface area contributed by atoms with E-state index in [1.54, 1.807) is 41.5 Å². The van der Waals surface area contributed by atoms with Gasteiger partial charge in [0.05, 0.1) is 23.3 Å². The lowest BCUT2D eigenvalue weighted by Gasteiger charge is -2.30. The van der Waals surface area contributed by atoms with Gasteiger partial charge in [-0.15, -0.1) is 0 Å². The Morgan fingerprint density at radius 2 is 1.61 bits per heavy atom. The lowest BCUT2D eigenvalue weighted by atomic mass is 10.1. The Hall–Kier alpha value is -3.02. The van der Waals surface area contributed by atoms with Crippen LogP contribution in [0, 0.1) is 0 Å². The third kappa shape index (κ3) is 7.49. The van der Waals surface area contributed by atoms with Gasteiger partial charge < -0.3 is 29.0 Å².